The second-order valence-electron chi connectivity index (χ2n) is 10.5. The largest absolute Gasteiger partial charge is 0.480 e. The molecule has 0 amide bonds. The number of likely N-dealkylation sites (tertiary alicyclic amines) is 1. The first-order valence-electron chi connectivity index (χ1n) is 13.5. The molecule has 5 rings (SSSR count). The SMILES string of the molecule is O=C(O)C(c1ccn(Cc2ccccc2)n1)N1CCC(C(F)(F)CCCCc2ccc3c(n2)NCCC3)C1. The summed E-state index contributed by atoms with van der Waals surface area (Å²) in [6, 6.07) is 14.5. The van der Waals surface area contributed by atoms with Gasteiger partial charge in [-0.05, 0) is 68.3 Å². The minimum atomic E-state index is -2.84. The number of nitrogens with one attached hydrogen (secondary N) is 1. The monoisotopic (exact) mass is 523 g/mol. The number of rotatable bonds is 11. The van der Waals surface area contributed by atoms with Gasteiger partial charge in [0.15, 0.2) is 6.04 Å². The molecular formula is C29H35F2N5O2. The summed E-state index contributed by atoms with van der Waals surface area (Å²) in [6.45, 7) is 1.81. The minimum absolute atomic E-state index is 0.0492. The van der Waals surface area contributed by atoms with Crippen molar-refractivity contribution in [1.29, 1.82) is 0 Å². The molecule has 1 fully saturated rings. The Kier molecular flexibility index (Phi) is 8.02. The summed E-state index contributed by atoms with van der Waals surface area (Å²) >= 11 is 0. The molecule has 2 unspecified atom stereocenters. The van der Waals surface area contributed by atoms with E-state index in [9.17, 15) is 9.90 Å². The molecule has 7 nitrogen and oxygen atoms in total. The highest BCUT2D eigenvalue weighted by Crippen LogP contribution is 2.39. The van der Waals surface area contributed by atoms with Gasteiger partial charge >= 0.3 is 5.97 Å². The van der Waals surface area contributed by atoms with Crippen molar-refractivity contribution >= 4 is 11.8 Å². The van der Waals surface area contributed by atoms with Crippen LogP contribution in [-0.4, -0.2) is 56.3 Å². The number of halogens is 2. The lowest BCUT2D eigenvalue weighted by Crippen LogP contribution is -2.36. The number of hydrogen-bond acceptors (Lipinski definition) is 5. The van der Waals surface area contributed by atoms with E-state index in [0.29, 0.717) is 38.0 Å². The summed E-state index contributed by atoms with van der Waals surface area (Å²) in [4.78, 5) is 18.5. The third-order valence-corrected chi connectivity index (χ3v) is 7.69. The number of nitrogens with zero attached hydrogens (tertiary/aromatic N) is 4. The molecule has 38 heavy (non-hydrogen) atoms. The second-order valence-corrected chi connectivity index (χ2v) is 10.5. The molecule has 1 aromatic carbocycles. The number of anilines is 1. The molecule has 0 radical (unpaired) electrons. The average Bonchev–Trinajstić information content (AvgIpc) is 3.58. The number of hydrogen-bond donors (Lipinski definition) is 2. The Hall–Kier alpha value is -3.33. The number of carboxylic acids is 1. The lowest BCUT2D eigenvalue weighted by Gasteiger charge is -2.26. The van der Waals surface area contributed by atoms with Gasteiger partial charge < -0.3 is 10.4 Å². The van der Waals surface area contributed by atoms with Gasteiger partial charge in [-0.2, -0.15) is 5.10 Å². The summed E-state index contributed by atoms with van der Waals surface area (Å²) in [7, 11) is 0. The molecule has 2 N–H and O–H groups in total. The molecule has 0 aliphatic carbocycles. The Bertz CT molecular complexity index is 1230. The fourth-order valence-electron chi connectivity index (χ4n) is 5.60. The number of pyridine rings is 1. The van der Waals surface area contributed by atoms with Crippen LogP contribution in [0.15, 0.2) is 54.7 Å². The molecule has 2 aliphatic rings. The fourth-order valence-corrected chi connectivity index (χ4v) is 5.60. The zero-order chi connectivity index (χ0) is 26.5. The van der Waals surface area contributed by atoms with E-state index in [1.807, 2.05) is 36.4 Å². The van der Waals surface area contributed by atoms with E-state index in [-0.39, 0.29) is 19.4 Å². The topological polar surface area (TPSA) is 83.3 Å². The Morgan fingerprint density at radius 2 is 2.00 bits per heavy atom. The van der Waals surface area contributed by atoms with Gasteiger partial charge in [-0.15, -0.1) is 0 Å². The number of benzene rings is 1. The first-order chi connectivity index (χ1) is 18.4. The van der Waals surface area contributed by atoms with Gasteiger partial charge in [0.2, 0.25) is 0 Å². The Balaban J connectivity index is 1.13. The highest BCUT2D eigenvalue weighted by molar-refractivity contribution is 5.75. The van der Waals surface area contributed by atoms with Crippen LogP contribution in [0.2, 0.25) is 0 Å². The van der Waals surface area contributed by atoms with Gasteiger partial charge in [-0.1, -0.05) is 36.4 Å². The van der Waals surface area contributed by atoms with E-state index in [4.69, 9.17) is 0 Å². The predicted molar refractivity (Wildman–Crippen MR) is 141 cm³/mol. The van der Waals surface area contributed by atoms with Crippen LogP contribution in [0.25, 0.3) is 0 Å². The summed E-state index contributed by atoms with van der Waals surface area (Å²) in [6.07, 6.45) is 5.68. The maximum absolute atomic E-state index is 15.1. The zero-order valence-electron chi connectivity index (χ0n) is 21.5. The van der Waals surface area contributed by atoms with Crippen LogP contribution in [0.1, 0.15) is 60.7 Å². The third-order valence-electron chi connectivity index (χ3n) is 7.69. The van der Waals surface area contributed by atoms with Gasteiger partial charge in [0, 0.05) is 37.3 Å². The quantitative estimate of drug-likeness (QED) is 0.337. The van der Waals surface area contributed by atoms with Crippen LogP contribution in [0.4, 0.5) is 14.6 Å². The van der Waals surface area contributed by atoms with Crippen LogP contribution in [0.3, 0.4) is 0 Å². The van der Waals surface area contributed by atoms with Crippen LogP contribution in [0, 0.1) is 5.92 Å². The molecule has 0 spiro atoms. The standard InChI is InChI=1S/C29H35F2N5O2/c30-29(31,15-5-4-10-24-12-11-22-9-6-16-32-27(22)33-24)23-13-17-35(20-23)26(28(37)38)25-14-18-36(34-25)19-21-7-2-1-3-8-21/h1-3,7-8,11-12,14,18,23,26H,4-6,9-10,13,15-17,19-20H2,(H,32,33)(H,37,38). The van der Waals surface area contributed by atoms with E-state index in [1.54, 1.807) is 21.8 Å². The number of alkyl halides is 2. The van der Waals surface area contributed by atoms with Crippen molar-refractivity contribution in [2.24, 2.45) is 5.92 Å². The Morgan fingerprint density at radius 3 is 2.82 bits per heavy atom. The first kappa shape index (κ1) is 26.3. The maximum atomic E-state index is 15.1. The van der Waals surface area contributed by atoms with Crippen molar-refractivity contribution in [2.75, 3.05) is 25.0 Å². The molecule has 202 valence electrons. The van der Waals surface area contributed by atoms with Crippen molar-refractivity contribution < 1.29 is 18.7 Å². The van der Waals surface area contributed by atoms with Crippen molar-refractivity contribution in [3.05, 3.63) is 77.2 Å². The van der Waals surface area contributed by atoms with Crippen molar-refractivity contribution in [1.82, 2.24) is 19.7 Å². The van der Waals surface area contributed by atoms with E-state index < -0.39 is 23.9 Å². The van der Waals surface area contributed by atoms with E-state index in [2.05, 4.69) is 21.5 Å². The fraction of sp³-hybridized carbons (Fsp3) is 0.483. The molecule has 1 saturated heterocycles. The van der Waals surface area contributed by atoms with Gasteiger partial charge in [-0.3, -0.25) is 14.4 Å². The first-order valence-corrected chi connectivity index (χ1v) is 13.5. The Morgan fingerprint density at radius 1 is 1.16 bits per heavy atom. The number of carbonyl (C=O) groups is 1. The van der Waals surface area contributed by atoms with Crippen LogP contribution >= 0.6 is 0 Å². The van der Waals surface area contributed by atoms with E-state index in [1.165, 1.54) is 5.56 Å². The van der Waals surface area contributed by atoms with Gasteiger partial charge in [0.1, 0.15) is 5.82 Å². The van der Waals surface area contributed by atoms with Gasteiger partial charge in [-0.25, -0.2) is 13.8 Å². The number of fused-ring (bicyclic) bond motifs is 1. The summed E-state index contributed by atoms with van der Waals surface area (Å²) < 4.78 is 32.0. The molecule has 4 heterocycles. The highest BCUT2D eigenvalue weighted by atomic mass is 19.3. The number of aryl methyl sites for hydroxylation is 2. The van der Waals surface area contributed by atoms with Crippen LogP contribution in [-0.2, 0) is 24.2 Å². The van der Waals surface area contributed by atoms with Crippen molar-refractivity contribution in [2.45, 2.75) is 63.5 Å². The van der Waals surface area contributed by atoms with Gasteiger partial charge in [0.25, 0.3) is 5.92 Å². The number of aliphatic carboxylic acids is 1. The van der Waals surface area contributed by atoms with Crippen molar-refractivity contribution in [3.63, 3.8) is 0 Å². The third kappa shape index (κ3) is 6.20. The smallest absolute Gasteiger partial charge is 0.327 e. The maximum Gasteiger partial charge on any atom is 0.327 e. The normalized spacial score (nSPS) is 18.6. The lowest BCUT2D eigenvalue weighted by atomic mass is 9.95. The highest BCUT2D eigenvalue weighted by Gasteiger charge is 2.45. The summed E-state index contributed by atoms with van der Waals surface area (Å²) in [5.74, 6) is -3.83. The molecular weight excluding hydrogens is 488 g/mol. The van der Waals surface area contributed by atoms with Crippen LogP contribution in [0.5, 0.6) is 0 Å². The zero-order valence-corrected chi connectivity index (χ0v) is 21.5. The predicted octanol–water partition coefficient (Wildman–Crippen LogP) is 5.18. The molecule has 0 saturated carbocycles. The molecule has 0 bridgehead atoms. The van der Waals surface area contributed by atoms with E-state index in [0.717, 1.165) is 36.5 Å². The van der Waals surface area contributed by atoms with Crippen LogP contribution < -0.4 is 5.32 Å². The van der Waals surface area contributed by atoms with Gasteiger partial charge in [0.05, 0.1) is 12.2 Å². The summed E-state index contributed by atoms with van der Waals surface area (Å²) in [5, 5.41) is 17.7. The molecule has 2 aromatic heterocycles. The molecule has 2 atom stereocenters. The Labute approximate surface area is 221 Å². The molecule has 2 aliphatic heterocycles. The minimum Gasteiger partial charge on any atom is -0.480 e. The summed E-state index contributed by atoms with van der Waals surface area (Å²) in [5.41, 5.74) is 3.59. The van der Waals surface area contributed by atoms with Crippen molar-refractivity contribution in [3.8, 4) is 0 Å². The molecule has 3 aromatic rings. The number of aromatic nitrogens is 3. The molecule has 9 heteroatoms. The lowest BCUT2D eigenvalue weighted by molar-refractivity contribution is -0.143. The second kappa shape index (κ2) is 11.6. The average molecular weight is 524 g/mol. The number of carboxylic acid groups (broad SMARTS) is 1. The number of unbranched alkanes of at least 4 members (excludes halogenated alkanes) is 1. The van der Waals surface area contributed by atoms with E-state index >= 15 is 8.78 Å².